The van der Waals surface area contributed by atoms with Gasteiger partial charge in [0.25, 0.3) is 5.91 Å². The van der Waals surface area contributed by atoms with Gasteiger partial charge in [-0.1, -0.05) is 30.3 Å². The standard InChI is InChI=1S/C19H18FN3O2/c20-14-5-3-4-13(12-14)19(8-10-25-11-9-19)21-18(24)17-15-6-1-2-7-16(15)22-23-17/h1-7,12H,8-11H2,(H,21,24)(H,22,23). The number of para-hydroxylation sites is 1. The lowest BCUT2D eigenvalue weighted by Gasteiger charge is -2.38. The number of rotatable bonds is 3. The smallest absolute Gasteiger partial charge is 0.273 e. The summed E-state index contributed by atoms with van der Waals surface area (Å²) in [6.07, 6.45) is 1.18. The van der Waals surface area contributed by atoms with Gasteiger partial charge in [0.05, 0.1) is 11.1 Å². The molecule has 4 rings (SSSR count). The molecule has 128 valence electrons. The van der Waals surface area contributed by atoms with E-state index in [1.54, 1.807) is 6.07 Å². The second kappa shape index (κ2) is 6.29. The highest BCUT2D eigenvalue weighted by molar-refractivity contribution is 6.04. The number of nitrogens with zero attached hydrogens (tertiary/aromatic N) is 1. The Bertz CT molecular complexity index is 916. The number of aromatic nitrogens is 2. The highest BCUT2D eigenvalue weighted by Crippen LogP contribution is 2.33. The number of ether oxygens (including phenoxy) is 1. The van der Waals surface area contributed by atoms with E-state index in [0.717, 1.165) is 16.5 Å². The Kier molecular flexibility index (Phi) is 3.97. The number of fused-ring (bicyclic) bond motifs is 1. The minimum Gasteiger partial charge on any atom is -0.381 e. The molecule has 0 radical (unpaired) electrons. The van der Waals surface area contributed by atoms with Gasteiger partial charge in [0.15, 0.2) is 5.69 Å². The maximum absolute atomic E-state index is 13.7. The summed E-state index contributed by atoms with van der Waals surface area (Å²) in [4.78, 5) is 12.9. The van der Waals surface area contributed by atoms with E-state index in [9.17, 15) is 9.18 Å². The number of hydrogen-bond donors (Lipinski definition) is 2. The van der Waals surface area contributed by atoms with Crippen molar-refractivity contribution in [3.63, 3.8) is 0 Å². The molecule has 2 heterocycles. The van der Waals surface area contributed by atoms with Crippen LogP contribution in [0, 0.1) is 5.82 Å². The molecule has 2 aromatic carbocycles. The van der Waals surface area contributed by atoms with Crippen LogP contribution in [0.3, 0.4) is 0 Å². The van der Waals surface area contributed by atoms with Crippen molar-refractivity contribution in [2.45, 2.75) is 18.4 Å². The first-order valence-electron chi connectivity index (χ1n) is 8.27. The average molecular weight is 339 g/mol. The summed E-state index contributed by atoms with van der Waals surface area (Å²) in [5.41, 5.74) is 1.25. The van der Waals surface area contributed by atoms with Crippen molar-refractivity contribution < 1.29 is 13.9 Å². The van der Waals surface area contributed by atoms with Crippen LogP contribution in [-0.2, 0) is 10.3 Å². The average Bonchev–Trinajstić information content (AvgIpc) is 3.07. The molecule has 2 N–H and O–H groups in total. The lowest BCUT2D eigenvalue weighted by molar-refractivity contribution is 0.0343. The van der Waals surface area contributed by atoms with Crippen LogP contribution >= 0.6 is 0 Å². The van der Waals surface area contributed by atoms with Gasteiger partial charge in [-0.05, 0) is 36.6 Å². The van der Waals surface area contributed by atoms with Crippen LogP contribution < -0.4 is 5.32 Å². The van der Waals surface area contributed by atoms with E-state index in [-0.39, 0.29) is 11.7 Å². The third kappa shape index (κ3) is 2.89. The van der Waals surface area contributed by atoms with E-state index >= 15 is 0 Å². The van der Waals surface area contributed by atoms with Crippen molar-refractivity contribution in [3.8, 4) is 0 Å². The van der Waals surface area contributed by atoms with E-state index in [4.69, 9.17) is 4.74 Å². The summed E-state index contributed by atoms with van der Waals surface area (Å²) in [5.74, 6) is -0.591. The maximum atomic E-state index is 13.7. The minimum absolute atomic E-state index is 0.274. The van der Waals surface area contributed by atoms with Gasteiger partial charge in [-0.25, -0.2) is 4.39 Å². The summed E-state index contributed by atoms with van der Waals surface area (Å²) in [6, 6.07) is 13.9. The quantitative estimate of drug-likeness (QED) is 0.770. The van der Waals surface area contributed by atoms with Crippen LogP contribution in [0.15, 0.2) is 48.5 Å². The van der Waals surface area contributed by atoms with Crippen LogP contribution in [0.5, 0.6) is 0 Å². The third-order valence-electron chi connectivity index (χ3n) is 4.76. The van der Waals surface area contributed by atoms with E-state index < -0.39 is 5.54 Å². The first kappa shape index (κ1) is 15.8. The molecule has 0 spiro atoms. The summed E-state index contributed by atoms with van der Waals surface area (Å²) in [6.45, 7) is 1.02. The molecule has 0 bridgehead atoms. The number of hydrogen-bond acceptors (Lipinski definition) is 3. The number of aromatic amines is 1. The molecule has 0 saturated carbocycles. The molecule has 0 unspecified atom stereocenters. The van der Waals surface area contributed by atoms with Gasteiger partial charge in [-0.3, -0.25) is 9.89 Å². The van der Waals surface area contributed by atoms with Gasteiger partial charge in [0.1, 0.15) is 5.82 Å². The van der Waals surface area contributed by atoms with E-state index in [1.165, 1.54) is 12.1 Å². The summed E-state index contributed by atoms with van der Waals surface area (Å²) in [7, 11) is 0. The van der Waals surface area contributed by atoms with Crippen molar-refractivity contribution in [1.29, 1.82) is 0 Å². The molecular weight excluding hydrogens is 321 g/mol. The summed E-state index contributed by atoms with van der Waals surface area (Å²) in [5, 5.41) is 10.9. The molecule has 1 fully saturated rings. The lowest BCUT2D eigenvalue weighted by atomic mass is 9.82. The van der Waals surface area contributed by atoms with Crippen LogP contribution in [-0.4, -0.2) is 29.3 Å². The van der Waals surface area contributed by atoms with Crippen LogP contribution in [0.4, 0.5) is 4.39 Å². The number of H-pyrrole nitrogens is 1. The molecule has 1 aliphatic rings. The summed E-state index contributed by atoms with van der Waals surface area (Å²) < 4.78 is 19.2. The highest BCUT2D eigenvalue weighted by atomic mass is 19.1. The molecule has 1 saturated heterocycles. The van der Waals surface area contributed by atoms with Crippen molar-refractivity contribution >= 4 is 16.8 Å². The molecule has 1 amide bonds. The zero-order chi connectivity index (χ0) is 17.3. The molecule has 1 aliphatic heterocycles. The number of halogens is 1. The van der Waals surface area contributed by atoms with Gasteiger partial charge in [0.2, 0.25) is 0 Å². The Labute approximate surface area is 144 Å². The third-order valence-corrected chi connectivity index (χ3v) is 4.76. The second-order valence-corrected chi connectivity index (χ2v) is 6.28. The van der Waals surface area contributed by atoms with Gasteiger partial charge in [0, 0.05) is 18.6 Å². The zero-order valence-electron chi connectivity index (χ0n) is 13.6. The minimum atomic E-state index is -0.655. The van der Waals surface area contributed by atoms with Gasteiger partial charge >= 0.3 is 0 Å². The summed E-state index contributed by atoms with van der Waals surface area (Å²) >= 11 is 0. The number of carbonyl (C=O) groups is 1. The largest absolute Gasteiger partial charge is 0.381 e. The predicted octanol–water partition coefficient (Wildman–Crippen LogP) is 3.14. The van der Waals surface area contributed by atoms with E-state index in [0.29, 0.717) is 31.7 Å². The molecule has 1 aromatic heterocycles. The zero-order valence-corrected chi connectivity index (χ0v) is 13.6. The lowest BCUT2D eigenvalue weighted by Crippen LogP contribution is -2.49. The fourth-order valence-corrected chi connectivity index (χ4v) is 3.40. The Morgan fingerprint density at radius 1 is 1.16 bits per heavy atom. The Morgan fingerprint density at radius 2 is 1.96 bits per heavy atom. The normalized spacial score (nSPS) is 16.7. The second-order valence-electron chi connectivity index (χ2n) is 6.28. The SMILES string of the molecule is O=C(NC1(c2cccc(F)c2)CCOCC1)c1n[nH]c2ccccc12. The van der Waals surface area contributed by atoms with E-state index in [2.05, 4.69) is 15.5 Å². The molecule has 6 heteroatoms. The van der Waals surface area contributed by atoms with Gasteiger partial charge in [-0.2, -0.15) is 5.10 Å². The first-order valence-corrected chi connectivity index (χ1v) is 8.27. The topological polar surface area (TPSA) is 67.0 Å². The first-order chi connectivity index (χ1) is 12.2. The number of carbonyl (C=O) groups excluding carboxylic acids is 1. The van der Waals surface area contributed by atoms with Crippen molar-refractivity contribution in [3.05, 3.63) is 65.6 Å². The monoisotopic (exact) mass is 339 g/mol. The molecule has 0 aliphatic carbocycles. The molecule has 0 atom stereocenters. The van der Waals surface area contributed by atoms with Gasteiger partial charge in [-0.15, -0.1) is 0 Å². The fourth-order valence-electron chi connectivity index (χ4n) is 3.40. The fraction of sp³-hybridized carbons (Fsp3) is 0.263. The van der Waals surface area contributed by atoms with Gasteiger partial charge < -0.3 is 10.1 Å². The molecule has 5 nitrogen and oxygen atoms in total. The van der Waals surface area contributed by atoms with Crippen LogP contribution in [0.1, 0.15) is 28.9 Å². The van der Waals surface area contributed by atoms with Crippen molar-refractivity contribution in [2.24, 2.45) is 0 Å². The Balaban J connectivity index is 1.70. The molecule has 25 heavy (non-hydrogen) atoms. The maximum Gasteiger partial charge on any atom is 0.273 e. The number of amides is 1. The van der Waals surface area contributed by atoms with Crippen molar-refractivity contribution in [1.82, 2.24) is 15.5 Å². The highest BCUT2D eigenvalue weighted by Gasteiger charge is 2.37. The Hall–Kier alpha value is -2.73. The molecule has 3 aromatic rings. The van der Waals surface area contributed by atoms with E-state index in [1.807, 2.05) is 30.3 Å². The molecular formula is C19H18FN3O2. The van der Waals surface area contributed by atoms with Crippen molar-refractivity contribution in [2.75, 3.05) is 13.2 Å². The Morgan fingerprint density at radius 3 is 2.76 bits per heavy atom. The van der Waals surface area contributed by atoms with Crippen LogP contribution in [0.2, 0.25) is 0 Å². The number of benzene rings is 2. The predicted molar refractivity (Wildman–Crippen MR) is 91.7 cm³/mol. The number of nitrogens with one attached hydrogen (secondary N) is 2. The van der Waals surface area contributed by atoms with Crippen LogP contribution in [0.25, 0.3) is 10.9 Å².